The summed E-state index contributed by atoms with van der Waals surface area (Å²) < 4.78 is 0.707. The number of aromatic nitrogens is 4. The molecule has 8 heteroatoms. The van der Waals surface area contributed by atoms with Crippen LogP contribution in [0, 0.1) is 6.92 Å². The molecule has 0 fully saturated rings. The fraction of sp³-hybridized carbons (Fsp3) is 0.154. The van der Waals surface area contributed by atoms with E-state index in [1.165, 1.54) is 11.3 Å². The molecule has 0 aliphatic carbocycles. The van der Waals surface area contributed by atoms with E-state index in [0.29, 0.717) is 15.8 Å². The maximum atomic E-state index is 11.9. The summed E-state index contributed by atoms with van der Waals surface area (Å²) in [4.78, 5) is 12.9. The topological polar surface area (TPSA) is 86.5 Å². The number of amides is 1. The molecular weight excluding hydrogens is 310 g/mol. The number of aromatic amines is 2. The first kappa shape index (κ1) is 13.8. The Morgan fingerprint density at radius 1 is 1.33 bits per heavy atom. The molecule has 6 nitrogen and oxygen atoms in total. The predicted octanol–water partition coefficient (Wildman–Crippen LogP) is 3.00. The molecule has 0 aliphatic heterocycles. The number of thiophene rings is 1. The van der Waals surface area contributed by atoms with Crippen LogP contribution in [0.25, 0.3) is 10.6 Å². The molecule has 0 saturated carbocycles. The largest absolute Gasteiger partial charge is 0.309 e. The first-order valence-corrected chi connectivity index (χ1v) is 7.41. The van der Waals surface area contributed by atoms with Crippen LogP contribution in [0.5, 0.6) is 0 Å². The maximum absolute atomic E-state index is 11.9. The zero-order valence-electron chi connectivity index (χ0n) is 11.1. The highest BCUT2D eigenvalue weighted by Crippen LogP contribution is 2.30. The molecule has 3 aromatic rings. The molecule has 0 aliphatic rings. The Morgan fingerprint density at radius 3 is 2.86 bits per heavy atom. The molecule has 108 valence electrons. The molecule has 0 unspecified atom stereocenters. The van der Waals surface area contributed by atoms with Crippen molar-refractivity contribution in [2.24, 2.45) is 0 Å². The normalized spacial score (nSPS) is 10.8. The van der Waals surface area contributed by atoms with Gasteiger partial charge in [0, 0.05) is 11.8 Å². The average Bonchev–Trinajstić information content (AvgIpc) is 3.12. The molecule has 0 spiro atoms. The number of anilines is 1. The summed E-state index contributed by atoms with van der Waals surface area (Å²) in [5.41, 5.74) is 2.44. The third kappa shape index (κ3) is 3.32. The number of nitrogens with one attached hydrogen (secondary N) is 3. The molecular formula is C13H12ClN5OS. The number of halogens is 1. The minimum Gasteiger partial charge on any atom is -0.309 e. The van der Waals surface area contributed by atoms with E-state index < -0.39 is 0 Å². The van der Waals surface area contributed by atoms with E-state index in [0.717, 1.165) is 16.3 Å². The highest BCUT2D eigenvalue weighted by atomic mass is 35.5. The van der Waals surface area contributed by atoms with Crippen LogP contribution in [-0.4, -0.2) is 26.3 Å². The summed E-state index contributed by atoms with van der Waals surface area (Å²) in [5.74, 6) is 0.315. The Morgan fingerprint density at radius 2 is 2.19 bits per heavy atom. The molecule has 3 heterocycles. The standard InChI is InChI=1S/C13H12ClN5OS/c1-7-4-8(17-16-7)5-13(20)15-12-6-9(18-19-12)10-2-3-11(14)21-10/h2-4,6H,5H2,1H3,(H,16,17)(H2,15,18,19,20). The van der Waals surface area contributed by atoms with E-state index in [9.17, 15) is 4.79 Å². The first-order valence-electron chi connectivity index (χ1n) is 6.22. The van der Waals surface area contributed by atoms with Crippen LogP contribution < -0.4 is 5.32 Å². The lowest BCUT2D eigenvalue weighted by atomic mass is 10.3. The number of hydrogen-bond acceptors (Lipinski definition) is 4. The fourth-order valence-corrected chi connectivity index (χ4v) is 2.90. The second-order valence-electron chi connectivity index (χ2n) is 4.54. The van der Waals surface area contributed by atoms with E-state index >= 15 is 0 Å². The molecule has 0 atom stereocenters. The number of aryl methyl sites for hydroxylation is 1. The Hall–Kier alpha value is -2.12. The van der Waals surface area contributed by atoms with Crippen molar-refractivity contribution in [2.45, 2.75) is 13.3 Å². The molecule has 3 N–H and O–H groups in total. The van der Waals surface area contributed by atoms with Gasteiger partial charge < -0.3 is 5.32 Å². The fourth-order valence-electron chi connectivity index (χ4n) is 1.89. The van der Waals surface area contributed by atoms with Gasteiger partial charge in [-0.15, -0.1) is 11.3 Å². The second-order valence-corrected chi connectivity index (χ2v) is 6.25. The Labute approximate surface area is 129 Å². The minimum atomic E-state index is -0.163. The maximum Gasteiger partial charge on any atom is 0.231 e. The monoisotopic (exact) mass is 321 g/mol. The molecule has 0 bridgehead atoms. The highest BCUT2D eigenvalue weighted by molar-refractivity contribution is 7.19. The summed E-state index contributed by atoms with van der Waals surface area (Å²) >= 11 is 7.34. The minimum absolute atomic E-state index is 0.163. The van der Waals surface area contributed by atoms with Crippen LogP contribution in [0.1, 0.15) is 11.4 Å². The number of rotatable bonds is 4. The lowest BCUT2D eigenvalue weighted by Crippen LogP contribution is -2.14. The smallest absolute Gasteiger partial charge is 0.231 e. The van der Waals surface area contributed by atoms with Gasteiger partial charge >= 0.3 is 0 Å². The van der Waals surface area contributed by atoms with Gasteiger partial charge in [0.25, 0.3) is 0 Å². The highest BCUT2D eigenvalue weighted by Gasteiger charge is 2.10. The van der Waals surface area contributed by atoms with Crippen molar-refractivity contribution in [3.8, 4) is 10.6 Å². The van der Waals surface area contributed by atoms with Crippen molar-refractivity contribution in [1.29, 1.82) is 0 Å². The van der Waals surface area contributed by atoms with Crippen molar-refractivity contribution < 1.29 is 4.79 Å². The van der Waals surface area contributed by atoms with Crippen LogP contribution in [0.4, 0.5) is 5.82 Å². The van der Waals surface area contributed by atoms with Crippen LogP contribution in [0.15, 0.2) is 24.3 Å². The van der Waals surface area contributed by atoms with Crippen LogP contribution in [-0.2, 0) is 11.2 Å². The summed E-state index contributed by atoms with van der Waals surface area (Å²) in [7, 11) is 0. The van der Waals surface area contributed by atoms with Gasteiger partial charge in [-0.05, 0) is 25.1 Å². The van der Waals surface area contributed by atoms with Crippen molar-refractivity contribution in [2.75, 3.05) is 5.32 Å². The molecule has 0 saturated heterocycles. The zero-order valence-corrected chi connectivity index (χ0v) is 12.7. The van der Waals surface area contributed by atoms with Gasteiger partial charge in [0.1, 0.15) is 0 Å². The van der Waals surface area contributed by atoms with Gasteiger partial charge in [-0.3, -0.25) is 15.0 Å². The summed E-state index contributed by atoms with van der Waals surface area (Å²) in [6, 6.07) is 7.33. The van der Waals surface area contributed by atoms with Gasteiger partial charge in [0.15, 0.2) is 5.82 Å². The Bertz CT molecular complexity index is 775. The van der Waals surface area contributed by atoms with Crippen molar-refractivity contribution >= 4 is 34.7 Å². The van der Waals surface area contributed by atoms with Gasteiger partial charge in [-0.1, -0.05) is 11.6 Å². The lowest BCUT2D eigenvalue weighted by molar-refractivity contribution is -0.115. The van der Waals surface area contributed by atoms with E-state index in [4.69, 9.17) is 11.6 Å². The molecule has 0 radical (unpaired) electrons. The van der Waals surface area contributed by atoms with Crippen molar-refractivity contribution in [1.82, 2.24) is 20.4 Å². The van der Waals surface area contributed by atoms with Crippen LogP contribution in [0.3, 0.4) is 0 Å². The number of hydrogen-bond donors (Lipinski definition) is 3. The van der Waals surface area contributed by atoms with E-state index in [-0.39, 0.29) is 12.3 Å². The summed E-state index contributed by atoms with van der Waals surface area (Å²) in [6.45, 7) is 1.89. The number of H-pyrrole nitrogens is 2. The summed E-state index contributed by atoms with van der Waals surface area (Å²) in [6.07, 6.45) is 0.206. The lowest BCUT2D eigenvalue weighted by Gasteiger charge is -1.98. The van der Waals surface area contributed by atoms with Crippen LogP contribution in [0.2, 0.25) is 4.34 Å². The Kier molecular flexibility index (Phi) is 3.76. The number of carbonyl (C=O) groups is 1. The van der Waals surface area contributed by atoms with E-state index in [1.54, 1.807) is 6.07 Å². The third-order valence-corrected chi connectivity index (χ3v) is 4.05. The van der Waals surface area contributed by atoms with Gasteiger partial charge in [0.05, 0.1) is 27.0 Å². The zero-order chi connectivity index (χ0) is 14.8. The van der Waals surface area contributed by atoms with Gasteiger partial charge in [-0.2, -0.15) is 10.2 Å². The molecule has 3 aromatic heterocycles. The average molecular weight is 322 g/mol. The van der Waals surface area contributed by atoms with Gasteiger partial charge in [0.2, 0.25) is 5.91 Å². The molecule has 21 heavy (non-hydrogen) atoms. The second kappa shape index (κ2) is 5.71. The number of nitrogens with zero attached hydrogens (tertiary/aromatic N) is 2. The molecule has 0 aromatic carbocycles. The molecule has 3 rings (SSSR count). The predicted molar refractivity (Wildman–Crippen MR) is 82.6 cm³/mol. The number of carbonyl (C=O) groups excluding carboxylic acids is 1. The van der Waals surface area contributed by atoms with E-state index in [2.05, 4.69) is 25.7 Å². The Balaban J connectivity index is 1.65. The van der Waals surface area contributed by atoms with Crippen molar-refractivity contribution in [3.63, 3.8) is 0 Å². The van der Waals surface area contributed by atoms with E-state index in [1.807, 2.05) is 25.1 Å². The summed E-state index contributed by atoms with van der Waals surface area (Å²) in [5, 5.41) is 16.5. The quantitative estimate of drug-likeness (QED) is 0.690. The first-order chi connectivity index (χ1) is 10.1. The van der Waals surface area contributed by atoms with Crippen molar-refractivity contribution in [3.05, 3.63) is 40.0 Å². The molecule has 1 amide bonds. The van der Waals surface area contributed by atoms with Gasteiger partial charge in [-0.25, -0.2) is 0 Å². The SMILES string of the molecule is Cc1cc(CC(=O)Nc2cc(-c3ccc(Cl)s3)[nH]n2)n[nH]1. The van der Waals surface area contributed by atoms with Crippen LogP contribution >= 0.6 is 22.9 Å². The third-order valence-electron chi connectivity index (χ3n) is 2.78.